The fourth-order valence-electron chi connectivity index (χ4n) is 1.40. The lowest BCUT2D eigenvalue weighted by molar-refractivity contribution is 0.469. The van der Waals surface area contributed by atoms with Gasteiger partial charge in [-0.05, 0) is 19.1 Å². The van der Waals surface area contributed by atoms with E-state index in [4.69, 9.17) is 20.4 Å². The number of aromatic nitrogens is 1. The molecule has 0 fully saturated rings. The van der Waals surface area contributed by atoms with Gasteiger partial charge < -0.3 is 13.7 Å². The van der Waals surface area contributed by atoms with Crippen LogP contribution in [0.25, 0.3) is 0 Å². The molecule has 0 saturated carbocycles. The normalized spacial score (nSPS) is 10.7. The van der Waals surface area contributed by atoms with Gasteiger partial charge in [-0.15, -0.1) is 11.6 Å². The fourth-order valence-corrected chi connectivity index (χ4v) is 1.53. The van der Waals surface area contributed by atoms with Gasteiger partial charge in [0.1, 0.15) is 17.8 Å². The number of alkyl halides is 1. The summed E-state index contributed by atoms with van der Waals surface area (Å²) in [5.74, 6) is 2.14. The second-order valence-electron chi connectivity index (χ2n) is 3.62. The number of halogens is 1. The molecule has 0 aliphatic heterocycles. The van der Waals surface area contributed by atoms with Gasteiger partial charge in [0.15, 0.2) is 0 Å². The van der Waals surface area contributed by atoms with Gasteiger partial charge in [-0.25, -0.2) is 0 Å². The van der Waals surface area contributed by atoms with Crippen molar-refractivity contribution in [2.24, 2.45) is 0 Å². The molecular weight excluding hydrogens is 228 g/mol. The summed E-state index contributed by atoms with van der Waals surface area (Å²) in [5.41, 5.74) is 0.735. The summed E-state index contributed by atoms with van der Waals surface area (Å²) in [6, 6.07) is 4.42. The number of oxazole rings is 1. The largest absolute Gasteiger partial charge is 0.464 e. The Morgan fingerprint density at radius 2 is 2.25 bits per heavy atom. The molecule has 0 spiro atoms. The monoisotopic (exact) mass is 240 g/mol. The molecule has 2 aromatic rings. The van der Waals surface area contributed by atoms with Gasteiger partial charge in [-0.3, -0.25) is 0 Å². The molecule has 0 amide bonds. The maximum absolute atomic E-state index is 5.65. The van der Waals surface area contributed by atoms with Crippen LogP contribution < -0.4 is 4.90 Å². The van der Waals surface area contributed by atoms with Gasteiger partial charge in [0.25, 0.3) is 6.01 Å². The first-order valence-electron chi connectivity index (χ1n) is 4.96. The average molecular weight is 241 g/mol. The molecule has 4 nitrogen and oxygen atoms in total. The highest BCUT2D eigenvalue weighted by Crippen LogP contribution is 2.17. The van der Waals surface area contributed by atoms with E-state index in [2.05, 4.69) is 4.98 Å². The number of furan rings is 1. The molecule has 0 aliphatic rings. The molecule has 0 unspecified atom stereocenters. The Morgan fingerprint density at radius 1 is 1.44 bits per heavy atom. The van der Waals surface area contributed by atoms with Crippen molar-refractivity contribution in [2.45, 2.75) is 19.3 Å². The highest BCUT2D eigenvalue weighted by atomic mass is 35.5. The Balaban J connectivity index is 2.05. The van der Waals surface area contributed by atoms with Crippen molar-refractivity contribution in [1.29, 1.82) is 0 Å². The van der Waals surface area contributed by atoms with E-state index in [0.29, 0.717) is 18.4 Å². The maximum atomic E-state index is 5.65. The highest BCUT2D eigenvalue weighted by Gasteiger charge is 2.10. The van der Waals surface area contributed by atoms with E-state index in [1.807, 2.05) is 31.0 Å². The maximum Gasteiger partial charge on any atom is 0.297 e. The molecule has 2 aromatic heterocycles. The van der Waals surface area contributed by atoms with Crippen LogP contribution in [0.5, 0.6) is 0 Å². The van der Waals surface area contributed by atoms with Crippen molar-refractivity contribution in [2.75, 3.05) is 11.9 Å². The van der Waals surface area contributed by atoms with Gasteiger partial charge >= 0.3 is 0 Å². The van der Waals surface area contributed by atoms with E-state index in [1.54, 1.807) is 6.26 Å². The molecule has 0 aromatic carbocycles. The summed E-state index contributed by atoms with van der Waals surface area (Å²) in [6.07, 6.45) is 1.56. The van der Waals surface area contributed by atoms with Crippen LogP contribution in [0.2, 0.25) is 0 Å². The lowest BCUT2D eigenvalue weighted by Gasteiger charge is -2.11. The van der Waals surface area contributed by atoms with Gasteiger partial charge in [-0.2, -0.15) is 4.98 Å². The second kappa shape index (κ2) is 4.61. The van der Waals surface area contributed by atoms with Crippen LogP contribution in [0.15, 0.2) is 27.2 Å². The van der Waals surface area contributed by atoms with Crippen LogP contribution in [-0.2, 0) is 12.4 Å². The Morgan fingerprint density at radius 3 is 2.81 bits per heavy atom. The smallest absolute Gasteiger partial charge is 0.297 e. The molecule has 0 aliphatic carbocycles. The summed E-state index contributed by atoms with van der Waals surface area (Å²) >= 11 is 5.65. The summed E-state index contributed by atoms with van der Waals surface area (Å²) < 4.78 is 10.8. The third-order valence-corrected chi connectivity index (χ3v) is 2.47. The molecule has 0 saturated heterocycles. The van der Waals surface area contributed by atoms with Gasteiger partial charge in [0, 0.05) is 7.05 Å². The third-order valence-electron chi connectivity index (χ3n) is 2.19. The topological polar surface area (TPSA) is 42.4 Å². The molecule has 2 heterocycles. The minimum atomic E-state index is 0.358. The van der Waals surface area contributed by atoms with Crippen molar-refractivity contribution >= 4 is 17.6 Å². The van der Waals surface area contributed by atoms with Gasteiger partial charge in [0.05, 0.1) is 18.1 Å². The van der Waals surface area contributed by atoms with E-state index in [1.165, 1.54) is 0 Å². The Bertz CT molecular complexity index is 464. The van der Waals surface area contributed by atoms with E-state index >= 15 is 0 Å². The predicted molar refractivity (Wildman–Crippen MR) is 61.6 cm³/mol. The van der Waals surface area contributed by atoms with Crippen LogP contribution in [0.3, 0.4) is 0 Å². The molecule has 0 bridgehead atoms. The van der Waals surface area contributed by atoms with Crippen LogP contribution in [0.4, 0.5) is 6.01 Å². The zero-order valence-electron chi connectivity index (χ0n) is 9.24. The number of rotatable bonds is 4. The van der Waals surface area contributed by atoms with E-state index in [-0.39, 0.29) is 0 Å². The third kappa shape index (κ3) is 2.39. The molecule has 86 valence electrons. The van der Waals surface area contributed by atoms with Gasteiger partial charge in [-0.1, -0.05) is 0 Å². The lowest BCUT2D eigenvalue weighted by Crippen LogP contribution is -2.16. The summed E-state index contributed by atoms with van der Waals surface area (Å²) in [6.45, 7) is 2.54. The predicted octanol–water partition coefficient (Wildman–Crippen LogP) is 2.95. The minimum Gasteiger partial charge on any atom is -0.464 e. The van der Waals surface area contributed by atoms with Crippen LogP contribution in [0.1, 0.15) is 17.2 Å². The van der Waals surface area contributed by atoms with E-state index in [9.17, 15) is 0 Å². The molecule has 0 N–H and O–H groups in total. The highest BCUT2D eigenvalue weighted by molar-refractivity contribution is 6.16. The molecule has 5 heteroatoms. The number of aryl methyl sites for hydroxylation is 1. The van der Waals surface area contributed by atoms with Crippen molar-refractivity contribution in [3.8, 4) is 0 Å². The number of nitrogens with zero attached hydrogens (tertiary/aromatic N) is 2. The number of hydrogen-bond donors (Lipinski definition) is 0. The number of hydrogen-bond acceptors (Lipinski definition) is 4. The summed E-state index contributed by atoms with van der Waals surface area (Å²) in [7, 11) is 1.89. The summed E-state index contributed by atoms with van der Waals surface area (Å²) in [5, 5.41) is 0. The molecule has 0 radical (unpaired) electrons. The Kier molecular flexibility index (Phi) is 3.19. The Labute approximate surface area is 98.8 Å². The number of anilines is 1. The Hall–Kier alpha value is -1.42. The zero-order chi connectivity index (χ0) is 11.5. The second-order valence-corrected chi connectivity index (χ2v) is 3.89. The van der Waals surface area contributed by atoms with Crippen LogP contribution in [0, 0.1) is 6.92 Å². The lowest BCUT2D eigenvalue weighted by atomic mass is 10.4. The zero-order valence-corrected chi connectivity index (χ0v) is 9.99. The summed E-state index contributed by atoms with van der Waals surface area (Å²) in [4.78, 5) is 6.09. The first-order valence-corrected chi connectivity index (χ1v) is 5.49. The van der Waals surface area contributed by atoms with E-state index in [0.717, 1.165) is 17.2 Å². The molecule has 0 atom stereocenters. The quantitative estimate of drug-likeness (QED) is 0.771. The van der Waals surface area contributed by atoms with Crippen molar-refractivity contribution in [3.05, 3.63) is 35.6 Å². The first-order chi connectivity index (χ1) is 7.69. The van der Waals surface area contributed by atoms with Crippen LogP contribution >= 0.6 is 11.6 Å². The van der Waals surface area contributed by atoms with Crippen molar-refractivity contribution < 1.29 is 8.83 Å². The standard InChI is InChI=1S/C11H13ClN2O2/c1-8-3-4-10(16-8)6-14(2)11-13-9(5-12)7-15-11/h3-4,7H,5-6H2,1-2H3. The molecular formula is C11H13ClN2O2. The fraction of sp³-hybridized carbons (Fsp3) is 0.364. The molecule has 2 rings (SSSR count). The minimum absolute atomic E-state index is 0.358. The average Bonchev–Trinajstić information content (AvgIpc) is 2.87. The van der Waals surface area contributed by atoms with E-state index < -0.39 is 0 Å². The van der Waals surface area contributed by atoms with Crippen LogP contribution in [-0.4, -0.2) is 12.0 Å². The SMILES string of the molecule is Cc1ccc(CN(C)c2nc(CCl)co2)o1. The molecule has 16 heavy (non-hydrogen) atoms. The van der Waals surface area contributed by atoms with Gasteiger partial charge in [0.2, 0.25) is 0 Å². The first kappa shape index (κ1) is 11.1. The van der Waals surface area contributed by atoms with Crippen molar-refractivity contribution in [3.63, 3.8) is 0 Å². The van der Waals surface area contributed by atoms with Crippen molar-refractivity contribution in [1.82, 2.24) is 4.98 Å².